The smallest absolute Gasteiger partial charge is 0.212 e. The Morgan fingerprint density at radius 3 is 2.90 bits per heavy atom. The lowest BCUT2D eigenvalue weighted by Gasteiger charge is -2.32. The van der Waals surface area contributed by atoms with Crippen molar-refractivity contribution < 1.29 is 4.74 Å². The molecule has 1 aromatic heterocycles. The molecule has 0 bridgehead atoms. The number of rotatable bonds is 4. The highest BCUT2D eigenvalue weighted by molar-refractivity contribution is 5.21. The first-order valence-electron chi connectivity index (χ1n) is 8.00. The van der Waals surface area contributed by atoms with Gasteiger partial charge in [0.05, 0.1) is 7.11 Å². The number of pyridine rings is 1. The van der Waals surface area contributed by atoms with Crippen LogP contribution in [0.4, 0.5) is 0 Å². The monoisotopic (exact) mass is 290 g/mol. The molecule has 0 radical (unpaired) electrons. The van der Waals surface area contributed by atoms with E-state index in [4.69, 9.17) is 10.5 Å². The van der Waals surface area contributed by atoms with Crippen LogP contribution in [-0.4, -0.2) is 60.7 Å². The number of hydrogen-bond acceptors (Lipinski definition) is 5. The molecule has 3 heterocycles. The van der Waals surface area contributed by atoms with Crippen molar-refractivity contribution in [2.75, 3.05) is 39.8 Å². The zero-order valence-corrected chi connectivity index (χ0v) is 12.9. The van der Waals surface area contributed by atoms with Gasteiger partial charge in [0.1, 0.15) is 0 Å². The van der Waals surface area contributed by atoms with Crippen LogP contribution in [-0.2, 0) is 0 Å². The molecule has 2 unspecified atom stereocenters. The maximum absolute atomic E-state index is 6.08. The molecule has 0 spiro atoms. The predicted molar refractivity (Wildman–Crippen MR) is 83.4 cm³/mol. The van der Waals surface area contributed by atoms with Gasteiger partial charge >= 0.3 is 0 Å². The van der Waals surface area contributed by atoms with Crippen molar-refractivity contribution >= 4 is 0 Å². The average molecular weight is 290 g/mol. The number of fused-ring (bicyclic) bond motifs is 1. The molecule has 2 aliphatic rings. The largest absolute Gasteiger partial charge is 0.481 e. The van der Waals surface area contributed by atoms with Crippen molar-refractivity contribution in [3.63, 3.8) is 0 Å². The van der Waals surface area contributed by atoms with E-state index in [1.807, 2.05) is 12.3 Å². The van der Waals surface area contributed by atoms with E-state index < -0.39 is 0 Å². The highest BCUT2D eigenvalue weighted by Crippen LogP contribution is 2.27. The van der Waals surface area contributed by atoms with E-state index >= 15 is 0 Å². The van der Waals surface area contributed by atoms with Crippen LogP contribution in [0.25, 0.3) is 0 Å². The van der Waals surface area contributed by atoms with E-state index in [2.05, 4.69) is 20.9 Å². The number of hydrogen-bond donors (Lipinski definition) is 1. The first-order chi connectivity index (χ1) is 10.3. The summed E-state index contributed by atoms with van der Waals surface area (Å²) in [6.45, 7) is 5.41. The Kier molecular flexibility index (Phi) is 4.73. The third-order valence-corrected chi connectivity index (χ3v) is 4.85. The van der Waals surface area contributed by atoms with E-state index in [0.29, 0.717) is 18.5 Å². The van der Waals surface area contributed by atoms with Gasteiger partial charge < -0.3 is 10.5 Å². The Hall–Kier alpha value is -1.17. The minimum Gasteiger partial charge on any atom is -0.481 e. The van der Waals surface area contributed by atoms with Crippen LogP contribution in [0.1, 0.15) is 30.9 Å². The summed E-state index contributed by atoms with van der Waals surface area (Å²) in [5.74, 6) is 0.660. The molecule has 3 rings (SSSR count). The van der Waals surface area contributed by atoms with Gasteiger partial charge in [0.25, 0.3) is 0 Å². The molecule has 1 aromatic rings. The van der Waals surface area contributed by atoms with E-state index in [1.165, 1.54) is 37.9 Å². The molecule has 2 atom stereocenters. The molecule has 2 saturated heterocycles. The number of aromatic nitrogens is 1. The van der Waals surface area contributed by atoms with Gasteiger partial charge in [-0.05, 0) is 37.9 Å². The van der Waals surface area contributed by atoms with Gasteiger partial charge in [-0.1, -0.05) is 6.07 Å². The van der Waals surface area contributed by atoms with Crippen molar-refractivity contribution in [1.29, 1.82) is 0 Å². The molecule has 21 heavy (non-hydrogen) atoms. The molecule has 0 aliphatic carbocycles. The minimum absolute atomic E-state index is 0.268. The second-order valence-corrected chi connectivity index (χ2v) is 6.07. The topological polar surface area (TPSA) is 54.6 Å². The minimum atomic E-state index is 0.268. The molecule has 2 aliphatic heterocycles. The molecule has 5 nitrogen and oxygen atoms in total. The highest BCUT2D eigenvalue weighted by Gasteiger charge is 2.31. The van der Waals surface area contributed by atoms with Gasteiger partial charge in [0.2, 0.25) is 5.88 Å². The van der Waals surface area contributed by atoms with Crippen LogP contribution in [0, 0.1) is 0 Å². The zero-order valence-electron chi connectivity index (χ0n) is 12.9. The molecule has 0 amide bonds. The standard InChI is InChI=1S/C16H26N4O/c1-21-16-6-5-13(11-18-16)15(10-17)20-9-3-8-19-7-2-4-14(19)12-20/h5-6,11,14-15H,2-4,7-10,12,17H2,1H3. The summed E-state index contributed by atoms with van der Waals surface area (Å²) in [7, 11) is 1.64. The molecule has 5 heteroatoms. The molecule has 2 fully saturated rings. The summed E-state index contributed by atoms with van der Waals surface area (Å²) < 4.78 is 5.14. The van der Waals surface area contributed by atoms with E-state index in [9.17, 15) is 0 Å². The second-order valence-electron chi connectivity index (χ2n) is 6.07. The van der Waals surface area contributed by atoms with Crippen LogP contribution >= 0.6 is 0 Å². The lowest BCUT2D eigenvalue weighted by atomic mass is 10.1. The Bertz CT molecular complexity index is 450. The fourth-order valence-corrected chi connectivity index (χ4v) is 3.72. The Labute approximate surface area is 127 Å². The number of nitrogens with zero attached hydrogens (tertiary/aromatic N) is 3. The first-order valence-corrected chi connectivity index (χ1v) is 8.00. The summed E-state index contributed by atoms with van der Waals surface area (Å²) >= 11 is 0. The second kappa shape index (κ2) is 6.73. The first kappa shape index (κ1) is 14.8. The van der Waals surface area contributed by atoms with Crippen LogP contribution < -0.4 is 10.5 Å². The normalized spacial score (nSPS) is 25.3. The summed E-state index contributed by atoms with van der Waals surface area (Å²) in [5.41, 5.74) is 7.28. The van der Waals surface area contributed by atoms with Gasteiger partial charge in [-0.15, -0.1) is 0 Å². The Balaban J connectivity index is 1.74. The van der Waals surface area contributed by atoms with Gasteiger partial charge in [-0.25, -0.2) is 4.98 Å². The van der Waals surface area contributed by atoms with Crippen LogP contribution in [0.15, 0.2) is 18.3 Å². The molecule has 2 N–H and O–H groups in total. The quantitative estimate of drug-likeness (QED) is 0.905. The fourth-order valence-electron chi connectivity index (χ4n) is 3.72. The van der Waals surface area contributed by atoms with Crippen molar-refractivity contribution in [2.45, 2.75) is 31.3 Å². The number of nitrogens with two attached hydrogens (primary N) is 1. The van der Waals surface area contributed by atoms with Crippen molar-refractivity contribution in [3.8, 4) is 5.88 Å². The lowest BCUT2D eigenvalue weighted by Crippen LogP contribution is -2.40. The molecule has 0 aromatic carbocycles. The van der Waals surface area contributed by atoms with Crippen molar-refractivity contribution in [3.05, 3.63) is 23.9 Å². The van der Waals surface area contributed by atoms with Crippen molar-refractivity contribution in [2.24, 2.45) is 5.73 Å². The van der Waals surface area contributed by atoms with Crippen molar-refractivity contribution in [1.82, 2.24) is 14.8 Å². The number of ether oxygens (including phenoxy) is 1. The Morgan fingerprint density at radius 2 is 2.19 bits per heavy atom. The molecular weight excluding hydrogens is 264 g/mol. The summed E-state index contributed by atoms with van der Waals surface area (Å²) in [5, 5.41) is 0. The highest BCUT2D eigenvalue weighted by atomic mass is 16.5. The molecule has 0 saturated carbocycles. The van der Waals surface area contributed by atoms with E-state index in [0.717, 1.165) is 13.1 Å². The summed E-state index contributed by atoms with van der Waals surface area (Å²) in [6.07, 6.45) is 5.81. The summed E-state index contributed by atoms with van der Waals surface area (Å²) in [4.78, 5) is 9.54. The van der Waals surface area contributed by atoms with E-state index in [-0.39, 0.29) is 6.04 Å². The van der Waals surface area contributed by atoms with Crippen LogP contribution in [0.5, 0.6) is 5.88 Å². The maximum Gasteiger partial charge on any atom is 0.212 e. The van der Waals surface area contributed by atoms with E-state index in [1.54, 1.807) is 7.11 Å². The van der Waals surface area contributed by atoms with Gasteiger partial charge in [-0.3, -0.25) is 9.80 Å². The fraction of sp³-hybridized carbons (Fsp3) is 0.688. The SMILES string of the molecule is COc1ccc(C(CN)N2CCCN3CCCC3C2)cn1. The lowest BCUT2D eigenvalue weighted by molar-refractivity contribution is 0.176. The third kappa shape index (κ3) is 3.20. The Morgan fingerprint density at radius 1 is 1.33 bits per heavy atom. The van der Waals surface area contributed by atoms with Crippen LogP contribution in [0.3, 0.4) is 0 Å². The summed E-state index contributed by atoms with van der Waals surface area (Å²) in [6, 6.07) is 5.01. The average Bonchev–Trinajstić information content (AvgIpc) is 2.87. The number of methoxy groups -OCH3 is 1. The van der Waals surface area contributed by atoms with Gasteiger partial charge in [0.15, 0.2) is 0 Å². The zero-order chi connectivity index (χ0) is 14.7. The maximum atomic E-state index is 6.08. The van der Waals surface area contributed by atoms with Gasteiger partial charge in [-0.2, -0.15) is 0 Å². The van der Waals surface area contributed by atoms with Crippen LogP contribution in [0.2, 0.25) is 0 Å². The predicted octanol–water partition coefficient (Wildman–Crippen LogP) is 1.26. The molecular formula is C16H26N4O. The molecule has 116 valence electrons. The van der Waals surface area contributed by atoms with Gasteiger partial charge in [0, 0.05) is 44.0 Å². The third-order valence-electron chi connectivity index (χ3n) is 4.85.